The molecular weight excluding hydrogens is 344 g/mol. The maximum atomic E-state index is 12.0. The smallest absolute Gasteiger partial charge is 0.348 e. The third-order valence-electron chi connectivity index (χ3n) is 2.66. The summed E-state index contributed by atoms with van der Waals surface area (Å²) in [5, 5.41) is 2.23. The first-order chi connectivity index (χ1) is 10.3. The van der Waals surface area contributed by atoms with Gasteiger partial charge in [-0.3, -0.25) is 9.59 Å². The lowest BCUT2D eigenvalue weighted by molar-refractivity contribution is -0.173. The maximum absolute atomic E-state index is 12.0. The first kappa shape index (κ1) is 18.6. The van der Waals surface area contributed by atoms with E-state index in [9.17, 15) is 22.8 Å². The molecule has 0 fully saturated rings. The van der Waals surface area contributed by atoms with E-state index in [1.54, 1.807) is 29.6 Å². The number of carbonyl (C=O) groups excluding carboxylic acids is 2. The highest BCUT2D eigenvalue weighted by Crippen LogP contribution is 2.19. The molecule has 1 aromatic rings. The van der Waals surface area contributed by atoms with E-state index in [-0.39, 0.29) is 25.4 Å². The Morgan fingerprint density at radius 1 is 1.18 bits per heavy atom. The summed E-state index contributed by atoms with van der Waals surface area (Å²) in [6.45, 7) is -0.0939. The van der Waals surface area contributed by atoms with Gasteiger partial charge in [-0.1, -0.05) is 11.6 Å². The zero-order valence-electron chi connectivity index (χ0n) is 11.3. The van der Waals surface area contributed by atoms with Crippen molar-refractivity contribution in [3.63, 3.8) is 0 Å². The minimum absolute atomic E-state index is 0.116. The Kier molecular flexibility index (Phi) is 6.96. The molecule has 1 N–H and O–H groups in total. The monoisotopic (exact) mass is 356 g/mol. The van der Waals surface area contributed by atoms with Gasteiger partial charge in [0.1, 0.15) is 5.88 Å². The summed E-state index contributed by atoms with van der Waals surface area (Å²) in [5.41, 5.74) is 0.525. The number of hydrogen-bond acceptors (Lipinski definition) is 2. The van der Waals surface area contributed by atoms with Gasteiger partial charge in [0.05, 0.1) is 0 Å². The average molecular weight is 357 g/mol. The molecule has 0 radical (unpaired) electrons. The molecule has 0 bridgehead atoms. The summed E-state index contributed by atoms with van der Waals surface area (Å²) < 4.78 is 36.0. The molecule has 9 heteroatoms. The summed E-state index contributed by atoms with van der Waals surface area (Å²) in [4.78, 5) is 23.8. The quantitative estimate of drug-likeness (QED) is 0.629. The average Bonchev–Trinajstić information content (AvgIpc) is 2.46. The predicted molar refractivity (Wildman–Crippen MR) is 78.2 cm³/mol. The number of carbonyl (C=O) groups is 2. The molecule has 22 heavy (non-hydrogen) atoms. The summed E-state index contributed by atoms with van der Waals surface area (Å²) in [6.07, 6.45) is -4.77. The Hall–Kier alpha value is -1.47. The molecule has 0 unspecified atom stereocenters. The van der Waals surface area contributed by atoms with Gasteiger partial charge in [0.25, 0.3) is 0 Å². The number of benzene rings is 1. The minimum Gasteiger partial charge on any atom is -0.348 e. The Labute approximate surface area is 135 Å². The van der Waals surface area contributed by atoms with Crippen LogP contribution in [-0.2, 0) is 9.59 Å². The number of anilines is 1. The van der Waals surface area contributed by atoms with Crippen molar-refractivity contribution in [2.75, 3.05) is 23.9 Å². The third kappa shape index (κ3) is 5.73. The van der Waals surface area contributed by atoms with Crippen LogP contribution >= 0.6 is 23.2 Å². The molecular formula is C13H13Cl2F3N2O2. The van der Waals surface area contributed by atoms with Gasteiger partial charge < -0.3 is 10.2 Å². The van der Waals surface area contributed by atoms with Crippen LogP contribution in [0.15, 0.2) is 24.3 Å². The Balaban J connectivity index is 2.59. The second-order valence-corrected chi connectivity index (χ2v) is 4.97. The van der Waals surface area contributed by atoms with E-state index in [4.69, 9.17) is 23.2 Å². The first-order valence-electron chi connectivity index (χ1n) is 6.22. The SMILES string of the molecule is O=C(CCl)N(CCCNC(=O)C(F)(F)F)c1ccc(Cl)cc1. The van der Waals surface area contributed by atoms with Crippen LogP contribution in [0.3, 0.4) is 0 Å². The number of nitrogens with one attached hydrogen (secondary N) is 1. The van der Waals surface area contributed by atoms with Gasteiger partial charge in [0, 0.05) is 23.8 Å². The lowest BCUT2D eigenvalue weighted by atomic mass is 10.2. The fourth-order valence-electron chi connectivity index (χ4n) is 1.63. The van der Waals surface area contributed by atoms with E-state index in [0.717, 1.165) is 0 Å². The largest absolute Gasteiger partial charge is 0.471 e. The van der Waals surface area contributed by atoms with Crippen LogP contribution < -0.4 is 10.2 Å². The Morgan fingerprint density at radius 3 is 2.27 bits per heavy atom. The van der Waals surface area contributed by atoms with Gasteiger partial charge in [0.15, 0.2) is 0 Å². The van der Waals surface area contributed by atoms with E-state index < -0.39 is 18.0 Å². The van der Waals surface area contributed by atoms with Crippen LogP contribution in [0.5, 0.6) is 0 Å². The topological polar surface area (TPSA) is 49.4 Å². The fraction of sp³-hybridized carbons (Fsp3) is 0.385. The van der Waals surface area contributed by atoms with Crippen LogP contribution in [0, 0.1) is 0 Å². The summed E-state index contributed by atoms with van der Waals surface area (Å²) in [6, 6.07) is 6.36. The van der Waals surface area contributed by atoms with E-state index in [1.807, 2.05) is 0 Å². The zero-order valence-corrected chi connectivity index (χ0v) is 12.8. The minimum atomic E-state index is -4.91. The van der Waals surface area contributed by atoms with Gasteiger partial charge in [-0.05, 0) is 30.7 Å². The summed E-state index contributed by atoms with van der Waals surface area (Å²) in [5.74, 6) is -2.67. The van der Waals surface area contributed by atoms with Gasteiger partial charge >= 0.3 is 12.1 Å². The molecule has 4 nitrogen and oxygen atoms in total. The van der Waals surface area contributed by atoms with Gasteiger partial charge in [-0.25, -0.2) is 0 Å². The van der Waals surface area contributed by atoms with Crippen molar-refractivity contribution in [1.82, 2.24) is 5.32 Å². The van der Waals surface area contributed by atoms with Crippen molar-refractivity contribution in [2.45, 2.75) is 12.6 Å². The van der Waals surface area contributed by atoms with Crippen LogP contribution in [-0.4, -0.2) is 37.0 Å². The standard InChI is InChI=1S/C13H13Cl2F3N2O2/c14-8-11(21)20(10-4-2-9(15)3-5-10)7-1-6-19-12(22)13(16,17)18/h2-5H,1,6-8H2,(H,19,22). The molecule has 0 aliphatic carbocycles. The molecule has 0 saturated heterocycles. The summed E-state index contributed by atoms with van der Waals surface area (Å²) >= 11 is 11.3. The van der Waals surface area contributed by atoms with Gasteiger partial charge in [0.2, 0.25) is 5.91 Å². The Bertz CT molecular complexity index is 521. The van der Waals surface area contributed by atoms with E-state index >= 15 is 0 Å². The lowest BCUT2D eigenvalue weighted by Crippen LogP contribution is -2.39. The third-order valence-corrected chi connectivity index (χ3v) is 3.14. The second kappa shape index (κ2) is 8.24. The van der Waals surface area contributed by atoms with Crippen LogP contribution in [0.2, 0.25) is 5.02 Å². The Morgan fingerprint density at radius 2 is 1.77 bits per heavy atom. The number of alkyl halides is 4. The molecule has 0 heterocycles. The molecule has 0 aromatic heterocycles. The number of halogens is 5. The molecule has 1 aromatic carbocycles. The normalized spacial score (nSPS) is 11.1. The van der Waals surface area contributed by atoms with Crippen molar-refractivity contribution in [1.29, 1.82) is 0 Å². The highest BCUT2D eigenvalue weighted by atomic mass is 35.5. The first-order valence-corrected chi connectivity index (χ1v) is 7.14. The summed E-state index contributed by atoms with van der Waals surface area (Å²) in [7, 11) is 0. The number of rotatable bonds is 6. The van der Waals surface area contributed by atoms with E-state index in [0.29, 0.717) is 10.7 Å². The van der Waals surface area contributed by atoms with Gasteiger partial charge in [-0.15, -0.1) is 11.6 Å². The molecule has 0 aliphatic heterocycles. The van der Waals surface area contributed by atoms with E-state index in [1.165, 1.54) is 4.90 Å². The van der Waals surface area contributed by atoms with Crippen molar-refractivity contribution in [3.05, 3.63) is 29.3 Å². The predicted octanol–water partition coefficient (Wildman–Crippen LogP) is 2.98. The maximum Gasteiger partial charge on any atom is 0.471 e. The van der Waals surface area contributed by atoms with E-state index in [2.05, 4.69) is 0 Å². The highest BCUT2D eigenvalue weighted by Gasteiger charge is 2.38. The van der Waals surface area contributed by atoms with Crippen molar-refractivity contribution in [2.24, 2.45) is 0 Å². The molecule has 2 amide bonds. The highest BCUT2D eigenvalue weighted by molar-refractivity contribution is 6.31. The van der Waals surface area contributed by atoms with Crippen molar-refractivity contribution in [3.8, 4) is 0 Å². The van der Waals surface area contributed by atoms with Crippen molar-refractivity contribution >= 4 is 40.7 Å². The molecule has 0 saturated carbocycles. The van der Waals surface area contributed by atoms with Crippen LogP contribution in [0.1, 0.15) is 6.42 Å². The molecule has 122 valence electrons. The number of amides is 2. The zero-order chi connectivity index (χ0) is 16.8. The van der Waals surface area contributed by atoms with Crippen molar-refractivity contribution < 1.29 is 22.8 Å². The lowest BCUT2D eigenvalue weighted by Gasteiger charge is -2.22. The van der Waals surface area contributed by atoms with Crippen LogP contribution in [0.4, 0.5) is 18.9 Å². The second-order valence-electron chi connectivity index (χ2n) is 4.26. The number of hydrogen-bond donors (Lipinski definition) is 1. The molecule has 0 spiro atoms. The molecule has 0 aliphatic rings. The number of nitrogens with zero attached hydrogens (tertiary/aromatic N) is 1. The van der Waals surface area contributed by atoms with Crippen LogP contribution in [0.25, 0.3) is 0 Å². The molecule has 1 rings (SSSR count). The van der Waals surface area contributed by atoms with Gasteiger partial charge in [-0.2, -0.15) is 13.2 Å². The molecule has 0 atom stereocenters. The fourth-order valence-corrected chi connectivity index (χ4v) is 1.90.